The van der Waals surface area contributed by atoms with Crippen molar-refractivity contribution in [1.29, 1.82) is 0 Å². The second-order valence-corrected chi connectivity index (χ2v) is 5.50. The van der Waals surface area contributed by atoms with Gasteiger partial charge in [-0.1, -0.05) is 18.2 Å². The molecular formula is C18H19N3O3. The Bertz CT molecular complexity index is 914. The lowest BCUT2D eigenvalue weighted by Crippen LogP contribution is -2.24. The van der Waals surface area contributed by atoms with Crippen LogP contribution in [-0.2, 0) is 20.9 Å². The van der Waals surface area contributed by atoms with Gasteiger partial charge in [0.2, 0.25) is 11.8 Å². The number of anilines is 1. The number of primary amides is 1. The van der Waals surface area contributed by atoms with E-state index in [2.05, 4.69) is 28.9 Å². The predicted molar refractivity (Wildman–Crippen MR) is 93.8 cm³/mol. The van der Waals surface area contributed by atoms with Crippen LogP contribution in [0.1, 0.15) is 6.92 Å². The molecule has 3 rings (SSSR count). The minimum Gasteiger partial charge on any atom is -0.368 e. The second kappa shape index (κ2) is 6.72. The van der Waals surface area contributed by atoms with Gasteiger partial charge in [-0.25, -0.2) is 0 Å². The number of aryl methyl sites for hydroxylation is 1. The van der Waals surface area contributed by atoms with E-state index < -0.39 is 5.91 Å². The third-order valence-electron chi connectivity index (χ3n) is 3.85. The average Bonchev–Trinajstić information content (AvgIpc) is 2.87. The molecule has 0 radical (unpaired) electrons. The van der Waals surface area contributed by atoms with Gasteiger partial charge >= 0.3 is 0 Å². The lowest BCUT2D eigenvalue weighted by Gasteiger charge is -2.07. The third-order valence-corrected chi connectivity index (χ3v) is 3.85. The first-order valence-electron chi connectivity index (χ1n) is 7.77. The van der Waals surface area contributed by atoms with E-state index in [0.717, 1.165) is 22.8 Å². The lowest BCUT2D eigenvalue weighted by atomic mass is 10.1. The maximum absolute atomic E-state index is 11.9. The maximum atomic E-state index is 11.9. The Morgan fingerprint density at radius 2 is 1.83 bits per heavy atom. The number of hydrogen-bond acceptors (Lipinski definition) is 3. The minimum absolute atomic E-state index is 0.211. The fourth-order valence-corrected chi connectivity index (χ4v) is 2.91. The molecule has 0 spiro atoms. The third kappa shape index (κ3) is 3.09. The summed E-state index contributed by atoms with van der Waals surface area (Å²) in [6.45, 7) is 2.50. The van der Waals surface area contributed by atoms with E-state index in [9.17, 15) is 9.59 Å². The van der Waals surface area contributed by atoms with E-state index in [-0.39, 0.29) is 19.1 Å². The van der Waals surface area contributed by atoms with Crippen LogP contribution in [0.3, 0.4) is 0 Å². The summed E-state index contributed by atoms with van der Waals surface area (Å²) in [5.74, 6) is -0.925. The summed E-state index contributed by atoms with van der Waals surface area (Å²) in [5.41, 5.74) is 7.95. The number of hydrogen-bond donors (Lipinski definition) is 2. The van der Waals surface area contributed by atoms with E-state index in [1.54, 1.807) is 0 Å². The SMILES string of the molecule is CCn1c2ccccc2c2cc(NC(=O)COCC(N)=O)ccc21. The average molecular weight is 325 g/mol. The quantitative estimate of drug-likeness (QED) is 0.729. The summed E-state index contributed by atoms with van der Waals surface area (Å²) in [6.07, 6.45) is 0. The summed E-state index contributed by atoms with van der Waals surface area (Å²) in [5, 5.41) is 5.01. The Hall–Kier alpha value is -2.86. The minimum atomic E-state index is -0.600. The first-order chi connectivity index (χ1) is 11.6. The van der Waals surface area contributed by atoms with Crippen LogP contribution in [0.15, 0.2) is 42.5 Å². The predicted octanol–water partition coefficient (Wildman–Crippen LogP) is 2.25. The molecule has 0 aliphatic heterocycles. The van der Waals surface area contributed by atoms with Gasteiger partial charge in [0.1, 0.15) is 13.2 Å². The van der Waals surface area contributed by atoms with Crippen LogP contribution in [-0.4, -0.2) is 29.6 Å². The molecule has 0 unspecified atom stereocenters. The zero-order valence-corrected chi connectivity index (χ0v) is 13.4. The highest BCUT2D eigenvalue weighted by molar-refractivity contribution is 6.09. The fourth-order valence-electron chi connectivity index (χ4n) is 2.91. The number of carbonyl (C=O) groups is 2. The Morgan fingerprint density at radius 3 is 2.58 bits per heavy atom. The first kappa shape index (κ1) is 16.0. The summed E-state index contributed by atoms with van der Waals surface area (Å²) in [4.78, 5) is 22.5. The molecule has 0 aliphatic rings. The fraction of sp³-hybridized carbons (Fsp3) is 0.222. The van der Waals surface area contributed by atoms with Crippen LogP contribution in [0.25, 0.3) is 21.8 Å². The van der Waals surface area contributed by atoms with Crippen LogP contribution in [0.5, 0.6) is 0 Å². The van der Waals surface area contributed by atoms with Gasteiger partial charge in [-0.3, -0.25) is 9.59 Å². The van der Waals surface area contributed by atoms with Crippen molar-refractivity contribution in [3.05, 3.63) is 42.5 Å². The van der Waals surface area contributed by atoms with Crippen LogP contribution in [0.4, 0.5) is 5.69 Å². The smallest absolute Gasteiger partial charge is 0.250 e. The molecule has 1 aromatic heterocycles. The molecule has 0 aliphatic carbocycles. The van der Waals surface area contributed by atoms with Crippen molar-refractivity contribution >= 4 is 39.3 Å². The molecular weight excluding hydrogens is 306 g/mol. The number of fused-ring (bicyclic) bond motifs is 3. The van der Waals surface area contributed by atoms with Crippen molar-refractivity contribution < 1.29 is 14.3 Å². The van der Waals surface area contributed by atoms with Gasteiger partial charge in [-0.2, -0.15) is 0 Å². The molecule has 0 saturated heterocycles. The Morgan fingerprint density at radius 1 is 1.08 bits per heavy atom. The molecule has 24 heavy (non-hydrogen) atoms. The van der Waals surface area contributed by atoms with Gasteiger partial charge in [-0.05, 0) is 31.2 Å². The van der Waals surface area contributed by atoms with Crippen molar-refractivity contribution in [2.45, 2.75) is 13.5 Å². The van der Waals surface area contributed by atoms with E-state index in [1.165, 1.54) is 5.52 Å². The van der Waals surface area contributed by atoms with Crippen LogP contribution >= 0.6 is 0 Å². The molecule has 6 nitrogen and oxygen atoms in total. The molecule has 6 heteroatoms. The molecule has 0 fully saturated rings. The van der Waals surface area contributed by atoms with Gasteiger partial charge in [0.15, 0.2) is 0 Å². The van der Waals surface area contributed by atoms with Gasteiger partial charge in [0.05, 0.1) is 0 Å². The Kier molecular flexibility index (Phi) is 4.48. The number of ether oxygens (including phenoxy) is 1. The zero-order valence-electron chi connectivity index (χ0n) is 13.4. The molecule has 2 amide bonds. The zero-order chi connectivity index (χ0) is 17.1. The topological polar surface area (TPSA) is 86.3 Å². The number of carbonyl (C=O) groups excluding carboxylic acids is 2. The van der Waals surface area contributed by atoms with Crippen LogP contribution in [0, 0.1) is 0 Å². The molecule has 3 aromatic rings. The largest absolute Gasteiger partial charge is 0.368 e. The number of aromatic nitrogens is 1. The van der Waals surface area contributed by atoms with E-state index in [0.29, 0.717) is 5.69 Å². The van der Waals surface area contributed by atoms with Crippen LogP contribution < -0.4 is 11.1 Å². The summed E-state index contributed by atoms with van der Waals surface area (Å²) in [6, 6.07) is 14.0. The molecule has 124 valence electrons. The van der Waals surface area contributed by atoms with Gasteiger partial charge in [0.25, 0.3) is 0 Å². The van der Waals surface area contributed by atoms with Crippen molar-refractivity contribution in [2.75, 3.05) is 18.5 Å². The van der Waals surface area contributed by atoms with Crippen LogP contribution in [0.2, 0.25) is 0 Å². The summed E-state index contributed by atoms with van der Waals surface area (Å²) < 4.78 is 7.16. The number of nitrogens with two attached hydrogens (primary N) is 1. The monoisotopic (exact) mass is 325 g/mol. The highest BCUT2D eigenvalue weighted by atomic mass is 16.5. The maximum Gasteiger partial charge on any atom is 0.250 e. The number of rotatable bonds is 6. The molecule has 3 N–H and O–H groups in total. The molecule has 2 aromatic carbocycles. The first-order valence-corrected chi connectivity index (χ1v) is 7.77. The second-order valence-electron chi connectivity index (χ2n) is 5.50. The van der Waals surface area contributed by atoms with Gasteiger partial charge < -0.3 is 20.4 Å². The Balaban J connectivity index is 1.87. The van der Waals surface area contributed by atoms with Crippen molar-refractivity contribution in [3.8, 4) is 0 Å². The van der Waals surface area contributed by atoms with Gasteiger partial charge in [-0.15, -0.1) is 0 Å². The lowest BCUT2D eigenvalue weighted by molar-refractivity contribution is -0.126. The standard InChI is InChI=1S/C18H19N3O3/c1-2-21-15-6-4-3-5-13(15)14-9-12(7-8-16(14)21)20-18(23)11-24-10-17(19)22/h3-9H,2,10-11H2,1H3,(H2,19,22)(H,20,23). The Labute approximate surface area is 139 Å². The highest BCUT2D eigenvalue weighted by Gasteiger charge is 2.11. The van der Waals surface area contributed by atoms with E-state index in [4.69, 9.17) is 10.5 Å². The normalized spacial score (nSPS) is 11.0. The van der Waals surface area contributed by atoms with E-state index in [1.807, 2.05) is 30.3 Å². The van der Waals surface area contributed by atoms with Crippen molar-refractivity contribution in [2.24, 2.45) is 5.73 Å². The molecule has 0 atom stereocenters. The van der Waals surface area contributed by atoms with E-state index >= 15 is 0 Å². The molecule has 0 bridgehead atoms. The summed E-state index contributed by atoms with van der Waals surface area (Å²) in [7, 11) is 0. The highest BCUT2D eigenvalue weighted by Crippen LogP contribution is 2.30. The summed E-state index contributed by atoms with van der Waals surface area (Å²) >= 11 is 0. The van der Waals surface area contributed by atoms with Gasteiger partial charge in [0, 0.05) is 34.0 Å². The van der Waals surface area contributed by atoms with Crippen molar-refractivity contribution in [3.63, 3.8) is 0 Å². The number of amides is 2. The molecule has 1 heterocycles. The van der Waals surface area contributed by atoms with Crippen molar-refractivity contribution in [1.82, 2.24) is 4.57 Å². The number of para-hydroxylation sites is 1. The number of benzene rings is 2. The number of nitrogens with zero attached hydrogens (tertiary/aromatic N) is 1. The molecule has 0 saturated carbocycles. The number of nitrogens with one attached hydrogen (secondary N) is 1.